The molecular weight excluding hydrogens is 228 g/mol. The Balaban J connectivity index is 1.60. The Hall–Kier alpha value is -0.870. The van der Waals surface area contributed by atoms with E-state index < -0.39 is 0 Å². The van der Waals surface area contributed by atoms with Gasteiger partial charge in [-0.2, -0.15) is 0 Å². The number of aliphatic hydroxyl groups excluding tert-OH is 1. The topological polar surface area (TPSA) is 49.5 Å². The van der Waals surface area contributed by atoms with Crippen LogP contribution in [0.2, 0.25) is 0 Å². The highest BCUT2D eigenvalue weighted by molar-refractivity contribution is 5.13. The molecule has 100 valence electrons. The number of rotatable bonds is 4. The van der Waals surface area contributed by atoms with E-state index in [-0.39, 0.29) is 6.61 Å². The minimum atomic E-state index is 0.132. The average Bonchev–Trinajstić information content (AvgIpc) is 3.10. The third-order valence-electron chi connectivity index (χ3n) is 4.41. The summed E-state index contributed by atoms with van der Waals surface area (Å²) in [4.78, 5) is 2.64. The van der Waals surface area contributed by atoms with Crippen LogP contribution in [0.25, 0.3) is 0 Å². The Bertz CT molecular complexity index is 385. The fraction of sp³-hybridized carbons (Fsp3) is 0.786. The molecule has 2 fully saturated rings. The van der Waals surface area contributed by atoms with E-state index in [1.54, 1.807) is 0 Å². The molecule has 1 atom stereocenters. The van der Waals surface area contributed by atoms with Crippen molar-refractivity contribution in [3.63, 3.8) is 0 Å². The summed E-state index contributed by atoms with van der Waals surface area (Å²) in [5, 5.41) is 13.0. The van der Waals surface area contributed by atoms with Crippen molar-refractivity contribution in [2.75, 3.05) is 19.7 Å². The van der Waals surface area contributed by atoms with E-state index in [0.29, 0.717) is 12.3 Å². The van der Waals surface area contributed by atoms with Gasteiger partial charge in [0.25, 0.3) is 0 Å². The van der Waals surface area contributed by atoms with Gasteiger partial charge in [0.15, 0.2) is 0 Å². The Morgan fingerprint density at radius 3 is 2.94 bits per heavy atom. The van der Waals surface area contributed by atoms with E-state index in [1.165, 1.54) is 38.6 Å². The van der Waals surface area contributed by atoms with E-state index in [1.807, 2.05) is 6.07 Å². The molecule has 4 heteroatoms. The van der Waals surface area contributed by atoms with Gasteiger partial charge in [0.05, 0.1) is 12.3 Å². The number of aromatic nitrogens is 1. The number of likely N-dealkylation sites (tertiary alicyclic amines) is 1. The summed E-state index contributed by atoms with van der Waals surface area (Å²) >= 11 is 0. The molecule has 0 aromatic carbocycles. The lowest BCUT2D eigenvalue weighted by Gasteiger charge is -2.23. The van der Waals surface area contributed by atoms with E-state index in [4.69, 9.17) is 9.63 Å². The lowest BCUT2D eigenvalue weighted by Crippen LogP contribution is -2.30. The Labute approximate surface area is 108 Å². The molecule has 0 amide bonds. The van der Waals surface area contributed by atoms with Gasteiger partial charge in [-0.25, -0.2) is 0 Å². The molecule has 1 aliphatic carbocycles. The standard InChI is InChI=1S/C14H22N2O2/c17-8-6-13-9-14(15-18-13)11-5-7-16(10-11)12-3-1-2-4-12/h9,11-12,17H,1-8,10H2/t11-/m0/s1. The summed E-state index contributed by atoms with van der Waals surface area (Å²) < 4.78 is 5.25. The molecule has 3 rings (SSSR count). The first-order chi connectivity index (χ1) is 8.86. The lowest BCUT2D eigenvalue weighted by molar-refractivity contribution is 0.242. The maximum absolute atomic E-state index is 8.88. The summed E-state index contributed by atoms with van der Waals surface area (Å²) in [6.45, 7) is 2.47. The molecule has 0 unspecified atom stereocenters. The van der Waals surface area contributed by atoms with Crippen molar-refractivity contribution in [2.45, 2.75) is 50.5 Å². The van der Waals surface area contributed by atoms with Crippen molar-refractivity contribution in [1.29, 1.82) is 0 Å². The van der Waals surface area contributed by atoms with Gasteiger partial charge in [0.2, 0.25) is 0 Å². The quantitative estimate of drug-likeness (QED) is 0.887. The molecule has 1 aromatic rings. The molecule has 4 nitrogen and oxygen atoms in total. The molecule has 2 heterocycles. The Morgan fingerprint density at radius 1 is 1.33 bits per heavy atom. The van der Waals surface area contributed by atoms with Gasteiger partial charge >= 0.3 is 0 Å². The molecule has 0 spiro atoms. The summed E-state index contributed by atoms with van der Waals surface area (Å²) in [7, 11) is 0. The molecule has 1 saturated heterocycles. The van der Waals surface area contributed by atoms with Gasteiger partial charge in [0.1, 0.15) is 5.76 Å². The van der Waals surface area contributed by atoms with E-state index in [2.05, 4.69) is 10.1 Å². The SMILES string of the molecule is OCCc1cc([C@H]2CCN(C3CCCC3)C2)no1. The number of hydrogen-bond donors (Lipinski definition) is 1. The zero-order valence-electron chi connectivity index (χ0n) is 10.8. The van der Waals surface area contributed by atoms with E-state index in [9.17, 15) is 0 Å². The predicted molar refractivity (Wildman–Crippen MR) is 68.5 cm³/mol. The van der Waals surface area contributed by atoms with Crippen LogP contribution in [-0.4, -0.2) is 40.9 Å². The molecule has 1 aliphatic heterocycles. The van der Waals surface area contributed by atoms with Gasteiger partial charge < -0.3 is 9.63 Å². The molecule has 2 aliphatic rings. The maximum Gasteiger partial charge on any atom is 0.139 e. The largest absolute Gasteiger partial charge is 0.396 e. The molecule has 18 heavy (non-hydrogen) atoms. The molecule has 0 bridgehead atoms. The smallest absolute Gasteiger partial charge is 0.139 e. The van der Waals surface area contributed by atoms with Crippen molar-refractivity contribution in [3.8, 4) is 0 Å². The second-order valence-electron chi connectivity index (χ2n) is 5.61. The maximum atomic E-state index is 8.88. The van der Waals surface area contributed by atoms with Crippen LogP contribution in [0.1, 0.15) is 49.5 Å². The number of nitrogens with zero attached hydrogens (tertiary/aromatic N) is 2. The van der Waals surface area contributed by atoms with Crippen molar-refractivity contribution in [2.24, 2.45) is 0 Å². The third-order valence-corrected chi connectivity index (χ3v) is 4.41. The van der Waals surface area contributed by atoms with Crippen LogP contribution in [0.5, 0.6) is 0 Å². The summed E-state index contributed by atoms with van der Waals surface area (Å²) in [6, 6.07) is 2.85. The first-order valence-electron chi connectivity index (χ1n) is 7.17. The molecule has 1 aromatic heterocycles. The lowest BCUT2D eigenvalue weighted by atomic mass is 10.0. The van der Waals surface area contributed by atoms with Crippen LogP contribution in [-0.2, 0) is 6.42 Å². The van der Waals surface area contributed by atoms with Crippen LogP contribution >= 0.6 is 0 Å². The average molecular weight is 250 g/mol. The van der Waals surface area contributed by atoms with E-state index in [0.717, 1.165) is 24.0 Å². The highest BCUT2D eigenvalue weighted by atomic mass is 16.5. The van der Waals surface area contributed by atoms with Gasteiger partial charge in [-0.1, -0.05) is 18.0 Å². The first-order valence-corrected chi connectivity index (χ1v) is 7.17. The van der Waals surface area contributed by atoms with Crippen LogP contribution in [0.3, 0.4) is 0 Å². The predicted octanol–water partition coefficient (Wildman–Crippen LogP) is 1.94. The third kappa shape index (κ3) is 2.45. The Kier molecular flexibility index (Phi) is 3.66. The number of hydrogen-bond acceptors (Lipinski definition) is 4. The van der Waals surface area contributed by atoms with Crippen molar-refractivity contribution in [3.05, 3.63) is 17.5 Å². The fourth-order valence-electron chi connectivity index (χ4n) is 3.38. The van der Waals surface area contributed by atoms with Gasteiger partial charge in [-0.15, -0.1) is 0 Å². The summed E-state index contributed by atoms with van der Waals surface area (Å²) in [5.41, 5.74) is 1.08. The minimum Gasteiger partial charge on any atom is -0.396 e. The van der Waals surface area contributed by atoms with Crippen molar-refractivity contribution >= 4 is 0 Å². The highest BCUT2D eigenvalue weighted by Crippen LogP contribution is 2.32. The second kappa shape index (κ2) is 5.41. The number of aliphatic hydroxyl groups is 1. The summed E-state index contributed by atoms with van der Waals surface area (Å²) in [6.07, 6.45) is 7.32. The van der Waals surface area contributed by atoms with Crippen molar-refractivity contribution < 1.29 is 9.63 Å². The van der Waals surface area contributed by atoms with E-state index >= 15 is 0 Å². The monoisotopic (exact) mass is 250 g/mol. The molecule has 1 N–H and O–H groups in total. The van der Waals surface area contributed by atoms with Crippen LogP contribution < -0.4 is 0 Å². The minimum absolute atomic E-state index is 0.132. The Morgan fingerprint density at radius 2 is 2.17 bits per heavy atom. The second-order valence-corrected chi connectivity index (χ2v) is 5.61. The van der Waals surface area contributed by atoms with Crippen molar-refractivity contribution in [1.82, 2.24) is 10.1 Å². The van der Waals surface area contributed by atoms with Crippen LogP contribution in [0, 0.1) is 0 Å². The molecule has 0 radical (unpaired) electrons. The summed E-state index contributed by atoms with van der Waals surface area (Å²) in [5.74, 6) is 1.34. The van der Waals surface area contributed by atoms with Crippen LogP contribution in [0.15, 0.2) is 10.6 Å². The van der Waals surface area contributed by atoms with Gasteiger partial charge in [-0.3, -0.25) is 4.90 Å². The molecular formula is C14H22N2O2. The normalized spacial score (nSPS) is 26.2. The van der Waals surface area contributed by atoms with Gasteiger partial charge in [-0.05, 0) is 25.8 Å². The first kappa shape index (κ1) is 12.2. The fourth-order valence-corrected chi connectivity index (χ4v) is 3.38. The zero-order chi connectivity index (χ0) is 12.4. The highest BCUT2D eigenvalue weighted by Gasteiger charge is 2.31. The van der Waals surface area contributed by atoms with Gasteiger partial charge in [0, 0.05) is 31.0 Å². The molecule has 1 saturated carbocycles. The zero-order valence-corrected chi connectivity index (χ0v) is 10.8. The van der Waals surface area contributed by atoms with Crippen LogP contribution in [0.4, 0.5) is 0 Å².